The van der Waals surface area contributed by atoms with Crippen LogP contribution in [0.5, 0.6) is 0 Å². The van der Waals surface area contributed by atoms with Crippen LogP contribution in [0.15, 0.2) is 18.2 Å². The Morgan fingerprint density at radius 3 is 3.06 bits per heavy atom. The fourth-order valence-electron chi connectivity index (χ4n) is 2.20. The van der Waals surface area contributed by atoms with Crippen LogP contribution >= 0.6 is 11.6 Å². The molecule has 2 N–H and O–H groups in total. The van der Waals surface area contributed by atoms with E-state index in [-0.39, 0.29) is 5.69 Å². The Kier molecular flexibility index (Phi) is 4.38. The number of para-hydroxylation sites is 1. The average Bonchev–Trinajstić information content (AvgIpc) is 2.84. The summed E-state index contributed by atoms with van der Waals surface area (Å²) in [4.78, 5) is 10.5. The SMILES string of the molecule is O=[N+]([O-])c1cccc(Cl)c1NCCC1CCNC1. The average molecular weight is 270 g/mol. The minimum atomic E-state index is -0.411. The maximum absolute atomic E-state index is 10.9. The summed E-state index contributed by atoms with van der Waals surface area (Å²) in [6.45, 7) is 2.81. The maximum atomic E-state index is 10.9. The van der Waals surface area contributed by atoms with Crippen LogP contribution in [0.2, 0.25) is 5.02 Å². The topological polar surface area (TPSA) is 67.2 Å². The Hall–Kier alpha value is -1.33. The number of anilines is 1. The largest absolute Gasteiger partial charge is 0.378 e. The van der Waals surface area contributed by atoms with E-state index in [0.717, 1.165) is 19.5 Å². The van der Waals surface area contributed by atoms with Crippen molar-refractivity contribution in [1.29, 1.82) is 0 Å². The van der Waals surface area contributed by atoms with E-state index in [0.29, 0.717) is 23.2 Å². The van der Waals surface area contributed by atoms with Crippen molar-refractivity contribution in [2.24, 2.45) is 5.92 Å². The van der Waals surface area contributed by atoms with Crippen LogP contribution < -0.4 is 10.6 Å². The van der Waals surface area contributed by atoms with E-state index in [1.807, 2.05) is 0 Å². The summed E-state index contributed by atoms with van der Waals surface area (Å²) in [5.74, 6) is 0.652. The van der Waals surface area contributed by atoms with E-state index < -0.39 is 4.92 Å². The van der Waals surface area contributed by atoms with Crippen molar-refractivity contribution in [3.05, 3.63) is 33.3 Å². The first-order chi connectivity index (χ1) is 8.68. The third kappa shape index (κ3) is 3.11. The van der Waals surface area contributed by atoms with Crippen LogP contribution in [-0.4, -0.2) is 24.6 Å². The highest BCUT2D eigenvalue weighted by atomic mass is 35.5. The smallest absolute Gasteiger partial charge is 0.293 e. The van der Waals surface area contributed by atoms with Crippen molar-refractivity contribution in [1.82, 2.24) is 5.32 Å². The molecule has 1 aliphatic heterocycles. The van der Waals surface area contributed by atoms with Crippen molar-refractivity contribution in [3.63, 3.8) is 0 Å². The van der Waals surface area contributed by atoms with Gasteiger partial charge in [0.1, 0.15) is 5.69 Å². The monoisotopic (exact) mass is 269 g/mol. The van der Waals surface area contributed by atoms with Gasteiger partial charge in [-0.15, -0.1) is 0 Å². The summed E-state index contributed by atoms with van der Waals surface area (Å²) < 4.78 is 0. The molecule has 1 heterocycles. The molecule has 1 aromatic rings. The zero-order valence-electron chi connectivity index (χ0n) is 9.99. The highest BCUT2D eigenvalue weighted by Crippen LogP contribution is 2.31. The van der Waals surface area contributed by atoms with Gasteiger partial charge < -0.3 is 10.6 Å². The summed E-state index contributed by atoms with van der Waals surface area (Å²) >= 11 is 5.99. The Morgan fingerprint density at radius 2 is 2.39 bits per heavy atom. The molecule has 0 amide bonds. The third-order valence-electron chi connectivity index (χ3n) is 3.21. The van der Waals surface area contributed by atoms with Gasteiger partial charge in [0.15, 0.2) is 0 Å². The van der Waals surface area contributed by atoms with Gasteiger partial charge in [0.25, 0.3) is 5.69 Å². The van der Waals surface area contributed by atoms with Gasteiger partial charge in [-0.3, -0.25) is 10.1 Å². The molecule has 6 heteroatoms. The van der Waals surface area contributed by atoms with Gasteiger partial charge in [-0.05, 0) is 37.9 Å². The zero-order valence-corrected chi connectivity index (χ0v) is 10.7. The Balaban J connectivity index is 1.97. The number of nitrogens with one attached hydrogen (secondary N) is 2. The molecule has 0 bridgehead atoms. The number of halogens is 1. The second-order valence-electron chi connectivity index (χ2n) is 4.47. The van der Waals surface area contributed by atoms with Crippen molar-refractivity contribution < 1.29 is 4.92 Å². The van der Waals surface area contributed by atoms with Gasteiger partial charge in [-0.2, -0.15) is 0 Å². The molecule has 0 spiro atoms. The summed E-state index contributed by atoms with van der Waals surface area (Å²) in [5.41, 5.74) is 0.460. The van der Waals surface area contributed by atoms with Crippen molar-refractivity contribution in [2.75, 3.05) is 25.0 Å². The molecule has 1 fully saturated rings. The molecule has 0 radical (unpaired) electrons. The second kappa shape index (κ2) is 6.02. The molecule has 1 aliphatic rings. The Labute approximate surface area is 111 Å². The highest BCUT2D eigenvalue weighted by molar-refractivity contribution is 6.33. The lowest BCUT2D eigenvalue weighted by Crippen LogP contribution is -2.13. The Bertz CT molecular complexity index is 433. The minimum Gasteiger partial charge on any atom is -0.378 e. The molecular formula is C12H16ClN3O2. The highest BCUT2D eigenvalue weighted by Gasteiger charge is 2.18. The lowest BCUT2D eigenvalue weighted by molar-refractivity contribution is -0.383. The number of nitro groups is 1. The van der Waals surface area contributed by atoms with Crippen LogP contribution in [0.25, 0.3) is 0 Å². The van der Waals surface area contributed by atoms with Crippen LogP contribution in [0.3, 0.4) is 0 Å². The lowest BCUT2D eigenvalue weighted by Gasteiger charge is -2.11. The fraction of sp³-hybridized carbons (Fsp3) is 0.500. The van der Waals surface area contributed by atoms with Gasteiger partial charge in [-0.25, -0.2) is 0 Å². The van der Waals surface area contributed by atoms with Crippen molar-refractivity contribution in [2.45, 2.75) is 12.8 Å². The standard InChI is InChI=1S/C12H16ClN3O2/c13-10-2-1-3-11(16(17)18)12(10)15-7-5-9-4-6-14-8-9/h1-3,9,14-15H,4-8H2. The molecule has 18 heavy (non-hydrogen) atoms. The molecule has 5 nitrogen and oxygen atoms in total. The van der Waals surface area contributed by atoms with E-state index in [4.69, 9.17) is 11.6 Å². The molecule has 1 aromatic carbocycles. The first kappa shape index (κ1) is 13.1. The van der Waals surface area contributed by atoms with E-state index in [2.05, 4.69) is 10.6 Å². The number of hydrogen-bond donors (Lipinski definition) is 2. The molecule has 0 aliphatic carbocycles. The van der Waals surface area contributed by atoms with Crippen LogP contribution in [0.4, 0.5) is 11.4 Å². The van der Waals surface area contributed by atoms with Crippen molar-refractivity contribution in [3.8, 4) is 0 Å². The molecule has 0 aromatic heterocycles. The molecule has 1 unspecified atom stereocenters. The summed E-state index contributed by atoms with van der Waals surface area (Å²) in [7, 11) is 0. The Morgan fingerprint density at radius 1 is 1.56 bits per heavy atom. The van der Waals surface area contributed by atoms with E-state index >= 15 is 0 Å². The number of nitrogens with zero attached hydrogens (tertiary/aromatic N) is 1. The molecule has 98 valence electrons. The summed E-state index contributed by atoms with van der Waals surface area (Å²) in [6, 6.07) is 4.71. The fourth-order valence-corrected chi connectivity index (χ4v) is 2.44. The normalized spacial score (nSPS) is 18.8. The van der Waals surface area contributed by atoms with Gasteiger partial charge in [-0.1, -0.05) is 17.7 Å². The predicted molar refractivity (Wildman–Crippen MR) is 72.2 cm³/mol. The van der Waals surface area contributed by atoms with Crippen LogP contribution in [0, 0.1) is 16.0 Å². The molecular weight excluding hydrogens is 254 g/mol. The molecule has 1 atom stereocenters. The zero-order chi connectivity index (χ0) is 13.0. The lowest BCUT2D eigenvalue weighted by atomic mass is 10.1. The number of hydrogen-bond acceptors (Lipinski definition) is 4. The van der Waals surface area contributed by atoms with Crippen LogP contribution in [-0.2, 0) is 0 Å². The quantitative estimate of drug-likeness (QED) is 0.637. The predicted octanol–water partition coefficient (Wildman–Crippen LogP) is 2.66. The maximum Gasteiger partial charge on any atom is 0.293 e. The number of benzene rings is 1. The van der Waals surface area contributed by atoms with Gasteiger partial charge in [0.2, 0.25) is 0 Å². The summed E-state index contributed by atoms with van der Waals surface area (Å²) in [5, 5.41) is 17.7. The van der Waals surface area contributed by atoms with Gasteiger partial charge >= 0.3 is 0 Å². The third-order valence-corrected chi connectivity index (χ3v) is 3.52. The van der Waals surface area contributed by atoms with E-state index in [1.165, 1.54) is 12.5 Å². The molecule has 2 rings (SSSR count). The second-order valence-corrected chi connectivity index (χ2v) is 4.87. The van der Waals surface area contributed by atoms with Crippen molar-refractivity contribution >= 4 is 23.0 Å². The number of rotatable bonds is 5. The van der Waals surface area contributed by atoms with E-state index in [1.54, 1.807) is 12.1 Å². The minimum absolute atomic E-state index is 0.0343. The first-order valence-corrected chi connectivity index (χ1v) is 6.44. The summed E-state index contributed by atoms with van der Waals surface area (Å²) in [6.07, 6.45) is 2.17. The van der Waals surface area contributed by atoms with Crippen LogP contribution in [0.1, 0.15) is 12.8 Å². The molecule has 1 saturated heterocycles. The first-order valence-electron chi connectivity index (χ1n) is 6.06. The van der Waals surface area contributed by atoms with Gasteiger partial charge in [0, 0.05) is 12.6 Å². The van der Waals surface area contributed by atoms with E-state index in [9.17, 15) is 10.1 Å². The van der Waals surface area contributed by atoms with Gasteiger partial charge in [0.05, 0.1) is 9.95 Å². The number of nitro benzene ring substituents is 1. The molecule has 0 saturated carbocycles.